The number of nitrogens with one attached hydrogen (secondary N) is 1. The molecular formula is C12H14BrN3O. The number of fused-ring (bicyclic) bond motifs is 1. The molecule has 5 heteroatoms. The van der Waals surface area contributed by atoms with Crippen molar-refractivity contribution in [1.82, 2.24) is 14.7 Å². The Labute approximate surface area is 108 Å². The first kappa shape index (κ1) is 12.1. The normalized spacial score (nSPS) is 10.8. The van der Waals surface area contributed by atoms with Crippen LogP contribution in [0.1, 0.15) is 28.7 Å². The van der Waals surface area contributed by atoms with E-state index in [1.807, 2.05) is 37.4 Å². The van der Waals surface area contributed by atoms with Gasteiger partial charge in [0, 0.05) is 12.7 Å². The lowest BCUT2D eigenvalue weighted by atomic mass is 10.3. The van der Waals surface area contributed by atoms with Crippen LogP contribution in [0.3, 0.4) is 0 Å². The summed E-state index contributed by atoms with van der Waals surface area (Å²) in [5, 5.41) is 2.80. The second-order valence-electron chi connectivity index (χ2n) is 3.96. The molecule has 4 nitrogen and oxygen atoms in total. The van der Waals surface area contributed by atoms with E-state index in [2.05, 4.69) is 26.2 Å². The van der Waals surface area contributed by atoms with Gasteiger partial charge < -0.3 is 5.32 Å². The topological polar surface area (TPSA) is 46.4 Å². The zero-order valence-electron chi connectivity index (χ0n) is 10.0. The Morgan fingerprint density at radius 1 is 1.53 bits per heavy atom. The van der Waals surface area contributed by atoms with Gasteiger partial charge in [-0.05, 0) is 48.3 Å². The predicted molar refractivity (Wildman–Crippen MR) is 70.4 cm³/mol. The van der Waals surface area contributed by atoms with Gasteiger partial charge in [0.25, 0.3) is 5.91 Å². The molecule has 0 spiro atoms. The summed E-state index contributed by atoms with van der Waals surface area (Å²) in [6.45, 7) is 6.34. The molecule has 0 aliphatic carbocycles. The lowest BCUT2D eigenvalue weighted by Gasteiger charge is -2.05. The summed E-state index contributed by atoms with van der Waals surface area (Å²) in [7, 11) is 0. The Balaban J connectivity index is 2.70. The van der Waals surface area contributed by atoms with Crippen LogP contribution in [0.15, 0.2) is 16.7 Å². The molecular weight excluding hydrogens is 282 g/mol. The fraction of sp³-hybridized carbons (Fsp3) is 0.333. The number of nitrogens with zero attached hydrogens (tertiary/aromatic N) is 2. The summed E-state index contributed by atoms with van der Waals surface area (Å²) in [6.07, 6.45) is 1.92. The number of hydrogen-bond acceptors (Lipinski definition) is 2. The van der Waals surface area contributed by atoms with Crippen molar-refractivity contribution in [3.8, 4) is 0 Å². The molecule has 1 amide bonds. The summed E-state index contributed by atoms with van der Waals surface area (Å²) in [5.41, 5.74) is 3.19. The second kappa shape index (κ2) is 4.49. The van der Waals surface area contributed by atoms with E-state index in [1.165, 1.54) is 0 Å². The Kier molecular flexibility index (Phi) is 3.19. The third kappa shape index (κ3) is 2.07. The SMILES string of the molecule is CCNC(=O)c1c(C)nc2c(Br)cc(C)cn12. The highest BCUT2D eigenvalue weighted by molar-refractivity contribution is 9.10. The number of rotatable bonds is 2. The third-order valence-electron chi connectivity index (χ3n) is 2.54. The van der Waals surface area contributed by atoms with Gasteiger partial charge in [0.05, 0.1) is 10.2 Å². The van der Waals surface area contributed by atoms with Crippen LogP contribution in [0.5, 0.6) is 0 Å². The number of amides is 1. The smallest absolute Gasteiger partial charge is 0.270 e. The van der Waals surface area contributed by atoms with Crippen LogP contribution in [0, 0.1) is 13.8 Å². The number of halogens is 1. The molecule has 0 saturated heterocycles. The molecule has 0 bridgehead atoms. The van der Waals surface area contributed by atoms with E-state index in [9.17, 15) is 4.79 Å². The van der Waals surface area contributed by atoms with Crippen molar-refractivity contribution in [2.24, 2.45) is 0 Å². The number of carbonyl (C=O) groups excluding carboxylic acids is 1. The number of hydrogen-bond donors (Lipinski definition) is 1. The molecule has 2 heterocycles. The average Bonchev–Trinajstić information content (AvgIpc) is 2.55. The van der Waals surface area contributed by atoms with Crippen molar-refractivity contribution in [1.29, 1.82) is 0 Å². The molecule has 2 aromatic rings. The Morgan fingerprint density at radius 2 is 2.24 bits per heavy atom. The number of imidazole rings is 1. The first-order valence-electron chi connectivity index (χ1n) is 5.47. The molecule has 17 heavy (non-hydrogen) atoms. The van der Waals surface area contributed by atoms with Gasteiger partial charge in [-0.25, -0.2) is 4.98 Å². The van der Waals surface area contributed by atoms with Crippen LogP contribution in [0.2, 0.25) is 0 Å². The summed E-state index contributed by atoms with van der Waals surface area (Å²) >= 11 is 3.47. The Bertz CT molecular complexity index is 589. The number of aromatic nitrogens is 2. The Hall–Kier alpha value is -1.36. The predicted octanol–water partition coefficient (Wildman–Crippen LogP) is 2.46. The van der Waals surface area contributed by atoms with Crippen molar-refractivity contribution in [2.75, 3.05) is 6.54 Å². The zero-order chi connectivity index (χ0) is 12.6. The highest BCUT2D eigenvalue weighted by Crippen LogP contribution is 2.22. The molecule has 0 fully saturated rings. The molecule has 0 radical (unpaired) electrons. The van der Waals surface area contributed by atoms with Crippen LogP contribution < -0.4 is 5.32 Å². The maximum atomic E-state index is 12.0. The fourth-order valence-corrected chi connectivity index (χ4v) is 2.50. The first-order chi connectivity index (χ1) is 8.04. The second-order valence-corrected chi connectivity index (χ2v) is 4.82. The molecule has 0 aliphatic rings. The van der Waals surface area contributed by atoms with Gasteiger partial charge in [-0.15, -0.1) is 0 Å². The molecule has 0 aliphatic heterocycles. The van der Waals surface area contributed by atoms with E-state index in [0.717, 1.165) is 21.4 Å². The molecule has 0 saturated carbocycles. The average molecular weight is 296 g/mol. The molecule has 2 rings (SSSR count). The van der Waals surface area contributed by atoms with Crippen molar-refractivity contribution in [3.05, 3.63) is 33.7 Å². The maximum absolute atomic E-state index is 12.0. The highest BCUT2D eigenvalue weighted by Gasteiger charge is 2.17. The van der Waals surface area contributed by atoms with E-state index in [1.54, 1.807) is 0 Å². The molecule has 0 unspecified atom stereocenters. The van der Waals surface area contributed by atoms with E-state index in [4.69, 9.17) is 0 Å². The van der Waals surface area contributed by atoms with Gasteiger partial charge in [0.2, 0.25) is 0 Å². The fourth-order valence-electron chi connectivity index (χ4n) is 1.86. The van der Waals surface area contributed by atoms with Crippen LogP contribution in [-0.2, 0) is 0 Å². The largest absolute Gasteiger partial charge is 0.351 e. The van der Waals surface area contributed by atoms with E-state index < -0.39 is 0 Å². The van der Waals surface area contributed by atoms with Crippen molar-refractivity contribution >= 4 is 27.5 Å². The number of aryl methyl sites for hydroxylation is 2. The lowest BCUT2D eigenvalue weighted by Crippen LogP contribution is -2.24. The quantitative estimate of drug-likeness (QED) is 0.925. The summed E-state index contributed by atoms with van der Waals surface area (Å²) < 4.78 is 2.73. The monoisotopic (exact) mass is 295 g/mol. The van der Waals surface area contributed by atoms with Gasteiger partial charge in [0.1, 0.15) is 5.69 Å². The van der Waals surface area contributed by atoms with Crippen LogP contribution in [-0.4, -0.2) is 21.8 Å². The van der Waals surface area contributed by atoms with Gasteiger partial charge in [0.15, 0.2) is 5.65 Å². The molecule has 0 aromatic carbocycles. The van der Waals surface area contributed by atoms with E-state index >= 15 is 0 Å². The van der Waals surface area contributed by atoms with Gasteiger partial charge in [-0.1, -0.05) is 0 Å². The first-order valence-corrected chi connectivity index (χ1v) is 6.27. The molecule has 1 N–H and O–H groups in total. The highest BCUT2D eigenvalue weighted by atomic mass is 79.9. The van der Waals surface area contributed by atoms with Gasteiger partial charge >= 0.3 is 0 Å². The molecule has 2 aromatic heterocycles. The van der Waals surface area contributed by atoms with Crippen LogP contribution in [0.25, 0.3) is 5.65 Å². The lowest BCUT2D eigenvalue weighted by molar-refractivity contribution is 0.0949. The van der Waals surface area contributed by atoms with E-state index in [0.29, 0.717) is 12.2 Å². The maximum Gasteiger partial charge on any atom is 0.270 e. The molecule has 90 valence electrons. The summed E-state index contributed by atoms with van der Waals surface area (Å²) in [5.74, 6) is -0.0880. The number of carbonyl (C=O) groups is 1. The van der Waals surface area contributed by atoms with Crippen LogP contribution in [0.4, 0.5) is 0 Å². The third-order valence-corrected chi connectivity index (χ3v) is 3.12. The molecule has 0 atom stereocenters. The standard InChI is InChI=1S/C12H14BrN3O/c1-4-14-12(17)10-8(3)15-11-9(13)5-7(2)6-16(10)11/h5-6H,4H2,1-3H3,(H,14,17). The van der Waals surface area contributed by atoms with Crippen molar-refractivity contribution in [3.63, 3.8) is 0 Å². The minimum atomic E-state index is -0.0880. The summed E-state index contributed by atoms with van der Waals surface area (Å²) in [4.78, 5) is 16.4. The minimum Gasteiger partial charge on any atom is -0.351 e. The van der Waals surface area contributed by atoms with E-state index in [-0.39, 0.29) is 5.91 Å². The summed E-state index contributed by atoms with van der Waals surface area (Å²) in [6, 6.07) is 1.99. The Morgan fingerprint density at radius 3 is 2.88 bits per heavy atom. The minimum absolute atomic E-state index is 0.0880. The number of pyridine rings is 1. The van der Waals surface area contributed by atoms with Gasteiger partial charge in [-0.3, -0.25) is 9.20 Å². The van der Waals surface area contributed by atoms with Crippen molar-refractivity contribution in [2.45, 2.75) is 20.8 Å². The van der Waals surface area contributed by atoms with Gasteiger partial charge in [-0.2, -0.15) is 0 Å². The van der Waals surface area contributed by atoms with Crippen LogP contribution >= 0.6 is 15.9 Å². The zero-order valence-corrected chi connectivity index (χ0v) is 11.6. The van der Waals surface area contributed by atoms with Crippen molar-refractivity contribution < 1.29 is 4.79 Å².